The molecule has 6 saturated heterocycles. The minimum absolute atomic E-state index is 0.0305. The number of benzene rings is 3. The first kappa shape index (κ1) is 54.4. The van der Waals surface area contributed by atoms with Crippen LogP contribution in [0.2, 0.25) is 0 Å². The standard InChI is InChI=1S/C62H75F3N10O5/c1-70-47(35-50-48(16-24-66-59(50)70)45-10-14-54-53(33-45)68-56(38-79-2)75(54)58-5-3-4-32-80-58)37-71-25-19-42(20-26-71)41-6-8-44(9-7-41)61(78)74-28-17-40(18-29-74)36-72-27-23-55(62(64,65)39-72)73-30-21-43(22-31-73)49-12-11-46(34-51(49)63)67-52-13-15-57(76)69-60(52)77/h6-12,14,16,24,33-35,40,42-43,52,55,58,67H,3-5,13,15,17-23,25-32,36-39H2,1-2H3,(H,69,76,77). The number of pyridine rings is 1. The van der Waals surface area contributed by atoms with Gasteiger partial charge in [0, 0.05) is 88.4 Å². The molecule has 3 atom stereocenters. The zero-order chi connectivity index (χ0) is 55.1. The Morgan fingerprint density at radius 2 is 1.61 bits per heavy atom. The highest BCUT2D eigenvalue weighted by molar-refractivity contribution is 6.01. The lowest BCUT2D eigenvalue weighted by Crippen LogP contribution is -2.60. The number of anilines is 1. The molecule has 6 aliphatic heterocycles. The van der Waals surface area contributed by atoms with Gasteiger partial charge in [0.25, 0.3) is 11.8 Å². The van der Waals surface area contributed by atoms with E-state index in [9.17, 15) is 14.4 Å². The number of imide groups is 1. The van der Waals surface area contributed by atoms with Gasteiger partial charge >= 0.3 is 0 Å². The van der Waals surface area contributed by atoms with Crippen molar-refractivity contribution < 1.29 is 37.0 Å². The SMILES string of the molecule is COCc1nc2cc(-c3ccnc4c3cc(CN3CCC(c5ccc(C(=O)N6CCC(CN7CCC(N8CCC(c9ccc(NC%10CCC(=O)NC%10=O)cc9F)CC8)C(F)(F)C7)CC6)cc5)CC3)n4C)ccc2n1C1CCCCO1. The van der Waals surface area contributed by atoms with Gasteiger partial charge in [0.15, 0.2) is 0 Å². The number of nitrogens with one attached hydrogen (secondary N) is 2. The molecule has 3 unspecified atom stereocenters. The summed E-state index contributed by atoms with van der Waals surface area (Å²) in [6, 6.07) is 22.6. The largest absolute Gasteiger partial charge is 0.377 e. The van der Waals surface area contributed by atoms with Crippen LogP contribution in [0.3, 0.4) is 0 Å². The Morgan fingerprint density at radius 3 is 2.34 bits per heavy atom. The fraction of sp³-hybridized carbons (Fsp3) is 0.532. The van der Waals surface area contributed by atoms with Crippen LogP contribution < -0.4 is 10.6 Å². The van der Waals surface area contributed by atoms with Gasteiger partial charge < -0.3 is 24.3 Å². The zero-order valence-electron chi connectivity index (χ0n) is 46.2. The molecule has 3 aromatic heterocycles. The van der Waals surface area contributed by atoms with E-state index in [1.165, 1.54) is 17.3 Å². The molecule has 3 amide bonds. The first-order valence-electron chi connectivity index (χ1n) is 29.3. The van der Waals surface area contributed by atoms with E-state index in [2.05, 4.69) is 74.2 Å². The predicted octanol–water partition coefficient (Wildman–Crippen LogP) is 9.61. The van der Waals surface area contributed by atoms with Crippen molar-refractivity contribution >= 4 is 45.5 Å². The van der Waals surface area contributed by atoms with E-state index in [1.54, 1.807) is 19.2 Å². The molecule has 424 valence electrons. The topological polar surface area (TPSA) is 142 Å². The second-order valence-electron chi connectivity index (χ2n) is 23.5. The number of fused-ring (bicyclic) bond motifs is 2. The molecular formula is C62H75F3N10O5. The number of ether oxygens (including phenoxy) is 2. The number of hydrogen-bond donors (Lipinski definition) is 2. The molecule has 0 bridgehead atoms. The van der Waals surface area contributed by atoms with E-state index in [-0.39, 0.29) is 48.7 Å². The van der Waals surface area contributed by atoms with E-state index in [4.69, 9.17) is 19.4 Å². The number of carbonyl (C=O) groups excluding carboxylic acids is 3. The normalized spacial score (nSPS) is 23.5. The number of amides is 3. The highest BCUT2D eigenvalue weighted by Gasteiger charge is 2.48. The lowest BCUT2D eigenvalue weighted by Gasteiger charge is -2.46. The van der Waals surface area contributed by atoms with Gasteiger partial charge in [-0.1, -0.05) is 24.3 Å². The van der Waals surface area contributed by atoms with Gasteiger partial charge in [0.1, 0.15) is 36.2 Å². The Morgan fingerprint density at radius 1 is 0.838 bits per heavy atom. The third-order valence-corrected chi connectivity index (χ3v) is 18.5. The number of piperidine rings is 5. The molecular weight excluding hydrogens is 1020 g/mol. The number of likely N-dealkylation sites (tertiary alicyclic amines) is 4. The smallest absolute Gasteiger partial charge is 0.275 e. The number of alkyl halides is 2. The molecule has 0 spiro atoms. The average Bonchev–Trinajstić information content (AvgIpc) is 4.02. The van der Waals surface area contributed by atoms with Gasteiger partial charge in [0.2, 0.25) is 11.8 Å². The Bertz CT molecular complexity index is 3210. The summed E-state index contributed by atoms with van der Waals surface area (Å²) in [5.74, 6) is -2.47. The van der Waals surface area contributed by atoms with Gasteiger partial charge in [-0.05, 0) is 185 Å². The lowest BCUT2D eigenvalue weighted by molar-refractivity contribution is -0.134. The Labute approximate surface area is 466 Å². The van der Waals surface area contributed by atoms with E-state index >= 15 is 13.2 Å². The summed E-state index contributed by atoms with van der Waals surface area (Å²) in [6.45, 7) is 7.09. The van der Waals surface area contributed by atoms with Crippen LogP contribution in [0.1, 0.15) is 128 Å². The van der Waals surface area contributed by atoms with E-state index < -0.39 is 23.9 Å². The molecule has 9 heterocycles. The average molecular weight is 1100 g/mol. The number of carbonyl (C=O) groups is 3. The third kappa shape index (κ3) is 11.4. The summed E-state index contributed by atoms with van der Waals surface area (Å²) in [4.78, 5) is 55.6. The number of nitrogens with zero attached hydrogens (tertiary/aromatic N) is 8. The number of hydrogen-bond acceptors (Lipinski definition) is 11. The molecule has 15 nitrogen and oxygen atoms in total. The summed E-state index contributed by atoms with van der Waals surface area (Å²) < 4.78 is 63.5. The minimum Gasteiger partial charge on any atom is -0.377 e. The molecule has 0 aliphatic carbocycles. The third-order valence-electron chi connectivity index (χ3n) is 18.5. The van der Waals surface area contributed by atoms with Gasteiger partial charge in [-0.25, -0.2) is 23.1 Å². The van der Waals surface area contributed by atoms with Crippen LogP contribution in [-0.2, 0) is 39.3 Å². The number of aromatic nitrogens is 4. The maximum absolute atomic E-state index is 16.0. The number of aryl methyl sites for hydroxylation is 1. The number of halogens is 3. The maximum atomic E-state index is 16.0. The van der Waals surface area contributed by atoms with Crippen molar-refractivity contribution in [1.82, 2.24) is 44.0 Å². The lowest BCUT2D eigenvalue weighted by atomic mass is 9.86. The van der Waals surface area contributed by atoms with Crippen molar-refractivity contribution in [2.45, 2.75) is 126 Å². The van der Waals surface area contributed by atoms with E-state index in [1.807, 2.05) is 33.0 Å². The van der Waals surface area contributed by atoms with Crippen molar-refractivity contribution in [2.75, 3.05) is 77.9 Å². The molecule has 0 radical (unpaired) electrons. The first-order valence-corrected chi connectivity index (χ1v) is 29.3. The molecule has 18 heteroatoms. The number of rotatable bonds is 14. The monoisotopic (exact) mass is 1100 g/mol. The second-order valence-corrected chi connectivity index (χ2v) is 23.5. The summed E-state index contributed by atoms with van der Waals surface area (Å²) in [5, 5.41) is 6.46. The van der Waals surface area contributed by atoms with Crippen molar-refractivity contribution in [3.05, 3.63) is 113 Å². The highest BCUT2D eigenvalue weighted by atomic mass is 19.3. The Balaban J connectivity index is 0.585. The van der Waals surface area contributed by atoms with Crippen LogP contribution in [0.15, 0.2) is 79.0 Å². The molecule has 6 fully saturated rings. The van der Waals surface area contributed by atoms with E-state index in [0.717, 1.165) is 110 Å². The molecule has 6 aromatic rings. The molecule has 0 saturated carbocycles. The van der Waals surface area contributed by atoms with Crippen LogP contribution in [-0.4, -0.2) is 147 Å². The Hall–Kier alpha value is -6.18. The highest BCUT2D eigenvalue weighted by Crippen LogP contribution is 2.40. The summed E-state index contributed by atoms with van der Waals surface area (Å²) >= 11 is 0. The van der Waals surface area contributed by atoms with Crippen LogP contribution in [0, 0.1) is 11.7 Å². The van der Waals surface area contributed by atoms with Crippen LogP contribution in [0.5, 0.6) is 0 Å². The molecule has 3 aromatic carbocycles. The fourth-order valence-electron chi connectivity index (χ4n) is 14.0. The first-order chi connectivity index (χ1) is 38.8. The van der Waals surface area contributed by atoms with E-state index in [0.29, 0.717) is 94.3 Å². The fourth-order valence-corrected chi connectivity index (χ4v) is 14.0. The zero-order valence-corrected chi connectivity index (χ0v) is 46.2. The van der Waals surface area contributed by atoms with Crippen LogP contribution in [0.4, 0.5) is 18.9 Å². The van der Waals surface area contributed by atoms with Gasteiger partial charge in [-0.3, -0.25) is 39.0 Å². The maximum Gasteiger partial charge on any atom is 0.275 e. The Kier molecular flexibility index (Phi) is 15.9. The van der Waals surface area contributed by atoms with Gasteiger partial charge in [-0.2, -0.15) is 0 Å². The molecule has 12 rings (SSSR count). The number of imidazole rings is 1. The van der Waals surface area contributed by atoms with Crippen molar-refractivity contribution in [2.24, 2.45) is 13.0 Å². The molecule has 6 aliphatic rings. The van der Waals surface area contributed by atoms with Gasteiger partial charge in [-0.15, -0.1) is 0 Å². The van der Waals surface area contributed by atoms with Crippen molar-refractivity contribution in [1.29, 1.82) is 0 Å². The van der Waals surface area contributed by atoms with Gasteiger partial charge in [0.05, 0.1) is 23.6 Å². The summed E-state index contributed by atoms with van der Waals surface area (Å²) in [5.41, 5.74) is 9.42. The predicted molar refractivity (Wildman–Crippen MR) is 301 cm³/mol. The summed E-state index contributed by atoms with van der Waals surface area (Å²) in [6.07, 6.45) is 10.8. The second kappa shape index (κ2) is 23.4. The number of methoxy groups -OCH3 is 1. The van der Waals surface area contributed by atoms with Crippen LogP contribution in [0.25, 0.3) is 33.2 Å². The molecule has 2 N–H and O–H groups in total. The van der Waals surface area contributed by atoms with Crippen molar-refractivity contribution in [3.63, 3.8) is 0 Å². The van der Waals surface area contributed by atoms with Crippen molar-refractivity contribution in [3.8, 4) is 11.1 Å². The quantitative estimate of drug-likeness (QED) is 0.101. The van der Waals surface area contributed by atoms with Crippen LogP contribution >= 0.6 is 0 Å². The molecule has 80 heavy (non-hydrogen) atoms. The minimum atomic E-state index is -2.87. The summed E-state index contributed by atoms with van der Waals surface area (Å²) in [7, 11) is 3.82.